The zero-order chi connectivity index (χ0) is 17.0. The zero-order valence-corrected chi connectivity index (χ0v) is 13.1. The van der Waals surface area contributed by atoms with Crippen molar-refractivity contribution in [3.63, 3.8) is 0 Å². The molecule has 1 heterocycles. The third kappa shape index (κ3) is 3.71. The fourth-order valence-corrected chi connectivity index (χ4v) is 2.74. The molecule has 1 aromatic heterocycles. The molecule has 2 N–H and O–H groups in total. The Kier molecular flexibility index (Phi) is 4.46. The topological polar surface area (TPSA) is 88.5 Å². The molecule has 1 aromatic carbocycles. The van der Waals surface area contributed by atoms with Gasteiger partial charge >= 0.3 is 5.97 Å². The Labute approximate surface area is 139 Å². The van der Waals surface area contributed by atoms with Crippen molar-refractivity contribution < 1.29 is 19.4 Å². The standard InChI is InChI=1S/C18H18N2O4/c21-16(22)11-18(9-4-10-18)20-17(23)13-7-8-15(19-12-13)24-14-5-2-1-3-6-14/h1-3,5-8,12H,4,9-11H2,(H,20,23)(H,21,22). The number of hydrogen-bond acceptors (Lipinski definition) is 4. The summed E-state index contributed by atoms with van der Waals surface area (Å²) in [6.07, 6.45) is 3.68. The summed E-state index contributed by atoms with van der Waals surface area (Å²) in [7, 11) is 0. The second-order valence-electron chi connectivity index (χ2n) is 5.96. The van der Waals surface area contributed by atoms with Crippen molar-refractivity contribution in [1.82, 2.24) is 10.3 Å². The maximum absolute atomic E-state index is 12.3. The summed E-state index contributed by atoms with van der Waals surface area (Å²) in [4.78, 5) is 27.4. The molecular weight excluding hydrogens is 308 g/mol. The maximum Gasteiger partial charge on any atom is 0.305 e. The van der Waals surface area contributed by atoms with Gasteiger partial charge in [0.15, 0.2) is 0 Å². The molecule has 0 unspecified atom stereocenters. The van der Waals surface area contributed by atoms with Gasteiger partial charge in [-0.2, -0.15) is 0 Å². The first kappa shape index (κ1) is 16.0. The molecule has 1 saturated carbocycles. The van der Waals surface area contributed by atoms with Crippen LogP contribution in [0.1, 0.15) is 36.0 Å². The number of benzene rings is 1. The highest BCUT2D eigenvalue weighted by atomic mass is 16.5. The summed E-state index contributed by atoms with van der Waals surface area (Å²) in [6.45, 7) is 0. The summed E-state index contributed by atoms with van der Waals surface area (Å²) in [5, 5.41) is 11.8. The van der Waals surface area contributed by atoms with E-state index in [4.69, 9.17) is 9.84 Å². The number of nitrogens with one attached hydrogen (secondary N) is 1. The smallest absolute Gasteiger partial charge is 0.305 e. The lowest BCUT2D eigenvalue weighted by molar-refractivity contribution is -0.139. The number of ether oxygens (including phenoxy) is 1. The van der Waals surface area contributed by atoms with E-state index in [1.165, 1.54) is 6.20 Å². The summed E-state index contributed by atoms with van der Waals surface area (Å²) < 4.78 is 5.58. The van der Waals surface area contributed by atoms with Crippen molar-refractivity contribution in [3.8, 4) is 11.6 Å². The van der Waals surface area contributed by atoms with Crippen molar-refractivity contribution >= 4 is 11.9 Å². The van der Waals surface area contributed by atoms with Crippen LogP contribution in [0.15, 0.2) is 48.7 Å². The van der Waals surface area contributed by atoms with Crippen LogP contribution >= 0.6 is 0 Å². The van der Waals surface area contributed by atoms with E-state index in [2.05, 4.69) is 10.3 Å². The average Bonchev–Trinajstić information content (AvgIpc) is 2.54. The van der Waals surface area contributed by atoms with Gasteiger partial charge in [0, 0.05) is 12.3 Å². The minimum atomic E-state index is -0.903. The number of carbonyl (C=O) groups excluding carboxylic acids is 1. The molecule has 0 radical (unpaired) electrons. The van der Waals surface area contributed by atoms with Gasteiger partial charge in [-0.25, -0.2) is 4.98 Å². The van der Waals surface area contributed by atoms with Crippen LogP contribution in [-0.4, -0.2) is 27.5 Å². The highest BCUT2D eigenvalue weighted by Crippen LogP contribution is 2.35. The highest BCUT2D eigenvalue weighted by Gasteiger charge is 2.40. The molecule has 124 valence electrons. The van der Waals surface area contributed by atoms with E-state index in [0.29, 0.717) is 30.0 Å². The molecule has 0 aliphatic heterocycles. The van der Waals surface area contributed by atoms with E-state index in [1.807, 2.05) is 30.3 Å². The number of carboxylic acids is 1. The van der Waals surface area contributed by atoms with E-state index >= 15 is 0 Å². The summed E-state index contributed by atoms with van der Waals surface area (Å²) in [5.74, 6) is -0.159. The average molecular weight is 326 g/mol. The van der Waals surface area contributed by atoms with Crippen LogP contribution in [0.5, 0.6) is 11.6 Å². The summed E-state index contributed by atoms with van der Waals surface area (Å²) in [5.41, 5.74) is -0.241. The van der Waals surface area contributed by atoms with Crippen molar-refractivity contribution in [3.05, 3.63) is 54.2 Å². The maximum atomic E-state index is 12.3. The van der Waals surface area contributed by atoms with Crippen LogP contribution in [0.3, 0.4) is 0 Å². The molecule has 1 amide bonds. The van der Waals surface area contributed by atoms with Gasteiger partial charge in [-0.15, -0.1) is 0 Å². The van der Waals surface area contributed by atoms with Crippen LogP contribution in [0.4, 0.5) is 0 Å². The van der Waals surface area contributed by atoms with Crippen LogP contribution in [0.2, 0.25) is 0 Å². The molecule has 2 aromatic rings. The third-order valence-electron chi connectivity index (χ3n) is 4.14. The number of para-hydroxylation sites is 1. The van der Waals surface area contributed by atoms with Crippen molar-refractivity contribution in [2.24, 2.45) is 0 Å². The van der Waals surface area contributed by atoms with E-state index in [9.17, 15) is 9.59 Å². The lowest BCUT2D eigenvalue weighted by atomic mass is 9.74. The van der Waals surface area contributed by atoms with E-state index in [-0.39, 0.29) is 12.3 Å². The Hall–Kier alpha value is -2.89. The quantitative estimate of drug-likeness (QED) is 0.852. The number of carbonyl (C=O) groups is 2. The lowest BCUT2D eigenvalue weighted by Gasteiger charge is -2.41. The van der Waals surface area contributed by atoms with Gasteiger partial charge in [0.05, 0.1) is 17.5 Å². The predicted molar refractivity (Wildman–Crippen MR) is 87.1 cm³/mol. The number of aliphatic carboxylic acids is 1. The minimum absolute atomic E-state index is 0.0542. The summed E-state index contributed by atoms with van der Waals surface area (Å²) in [6, 6.07) is 12.5. The van der Waals surface area contributed by atoms with Crippen LogP contribution in [-0.2, 0) is 4.79 Å². The Balaban J connectivity index is 1.64. The minimum Gasteiger partial charge on any atom is -0.481 e. The monoisotopic (exact) mass is 326 g/mol. The number of amides is 1. The molecule has 1 aliphatic rings. The molecule has 6 heteroatoms. The highest BCUT2D eigenvalue weighted by molar-refractivity contribution is 5.94. The Morgan fingerprint density at radius 3 is 2.46 bits per heavy atom. The van der Waals surface area contributed by atoms with Gasteiger partial charge in [-0.05, 0) is 37.5 Å². The molecule has 24 heavy (non-hydrogen) atoms. The Morgan fingerprint density at radius 2 is 1.92 bits per heavy atom. The molecule has 6 nitrogen and oxygen atoms in total. The molecule has 0 bridgehead atoms. The van der Waals surface area contributed by atoms with Crippen molar-refractivity contribution in [2.75, 3.05) is 0 Å². The molecule has 0 saturated heterocycles. The van der Waals surface area contributed by atoms with Gasteiger partial charge in [-0.3, -0.25) is 9.59 Å². The second-order valence-corrected chi connectivity index (χ2v) is 5.96. The number of hydrogen-bond donors (Lipinski definition) is 2. The third-order valence-corrected chi connectivity index (χ3v) is 4.14. The van der Waals surface area contributed by atoms with E-state index in [0.717, 1.165) is 6.42 Å². The number of carboxylic acid groups (broad SMARTS) is 1. The van der Waals surface area contributed by atoms with Crippen LogP contribution in [0.25, 0.3) is 0 Å². The molecule has 1 fully saturated rings. The van der Waals surface area contributed by atoms with Crippen molar-refractivity contribution in [1.29, 1.82) is 0 Å². The first-order valence-corrected chi connectivity index (χ1v) is 7.80. The molecule has 0 atom stereocenters. The molecular formula is C18H18N2O4. The van der Waals surface area contributed by atoms with Gasteiger partial charge in [-0.1, -0.05) is 18.2 Å². The fourth-order valence-electron chi connectivity index (χ4n) is 2.74. The number of nitrogens with zero attached hydrogens (tertiary/aromatic N) is 1. The fraction of sp³-hybridized carbons (Fsp3) is 0.278. The van der Waals surface area contributed by atoms with Gasteiger partial charge in [0.2, 0.25) is 5.88 Å². The van der Waals surface area contributed by atoms with Crippen molar-refractivity contribution in [2.45, 2.75) is 31.2 Å². The van der Waals surface area contributed by atoms with Crippen LogP contribution in [0, 0.1) is 0 Å². The van der Waals surface area contributed by atoms with Crippen LogP contribution < -0.4 is 10.1 Å². The molecule has 0 spiro atoms. The molecule has 3 rings (SSSR count). The number of pyridine rings is 1. The predicted octanol–water partition coefficient (Wildman–Crippen LogP) is 3.00. The number of rotatable bonds is 6. The normalized spacial score (nSPS) is 15.2. The largest absolute Gasteiger partial charge is 0.481 e. The Morgan fingerprint density at radius 1 is 1.17 bits per heavy atom. The van der Waals surface area contributed by atoms with Gasteiger partial charge < -0.3 is 15.2 Å². The van der Waals surface area contributed by atoms with Gasteiger partial charge in [0.25, 0.3) is 5.91 Å². The first-order chi connectivity index (χ1) is 11.6. The Bertz CT molecular complexity index is 724. The number of aromatic nitrogens is 1. The lowest BCUT2D eigenvalue weighted by Crippen LogP contribution is -2.54. The second kappa shape index (κ2) is 6.70. The first-order valence-electron chi connectivity index (χ1n) is 7.80. The van der Waals surface area contributed by atoms with E-state index in [1.54, 1.807) is 12.1 Å². The SMILES string of the molecule is O=C(O)CC1(NC(=O)c2ccc(Oc3ccccc3)nc2)CCC1. The molecule has 1 aliphatic carbocycles. The van der Waals surface area contributed by atoms with E-state index < -0.39 is 11.5 Å². The van der Waals surface area contributed by atoms with Gasteiger partial charge in [0.1, 0.15) is 5.75 Å². The summed E-state index contributed by atoms with van der Waals surface area (Å²) >= 11 is 0. The zero-order valence-electron chi connectivity index (χ0n) is 13.1.